The van der Waals surface area contributed by atoms with Gasteiger partial charge in [0.2, 0.25) is 0 Å². The molecule has 0 saturated carbocycles. The molecule has 3 heteroatoms. The Morgan fingerprint density at radius 1 is 1.20 bits per heavy atom. The summed E-state index contributed by atoms with van der Waals surface area (Å²) in [7, 11) is 0. The van der Waals surface area contributed by atoms with E-state index in [1.807, 2.05) is 32.0 Å². The van der Waals surface area contributed by atoms with E-state index in [1.165, 1.54) is 5.56 Å². The number of para-hydroxylation sites is 1. The van der Waals surface area contributed by atoms with Crippen molar-refractivity contribution in [3.63, 3.8) is 0 Å². The maximum atomic E-state index is 11.4. The third-order valence-corrected chi connectivity index (χ3v) is 4.22. The van der Waals surface area contributed by atoms with Crippen LogP contribution < -0.4 is 4.74 Å². The molecule has 0 saturated heterocycles. The van der Waals surface area contributed by atoms with Gasteiger partial charge in [0, 0.05) is 0 Å². The number of carboxylic acid groups (broad SMARTS) is 1. The van der Waals surface area contributed by atoms with E-state index in [0.717, 1.165) is 18.6 Å². The summed E-state index contributed by atoms with van der Waals surface area (Å²) in [6.45, 7) is 6.58. The van der Waals surface area contributed by atoms with Crippen molar-refractivity contribution in [1.29, 1.82) is 0 Å². The third kappa shape index (κ3) is 3.99. The molecule has 0 atom stereocenters. The van der Waals surface area contributed by atoms with Crippen LogP contribution in [0.4, 0.5) is 0 Å². The molecule has 20 heavy (non-hydrogen) atoms. The first-order valence-corrected chi connectivity index (χ1v) is 7.53. The minimum atomic E-state index is -0.684. The fraction of sp³-hybridized carbons (Fsp3) is 0.588. The third-order valence-electron chi connectivity index (χ3n) is 4.22. The maximum Gasteiger partial charge on any atom is 0.309 e. The fourth-order valence-corrected chi connectivity index (χ4v) is 2.54. The van der Waals surface area contributed by atoms with Crippen molar-refractivity contribution >= 4 is 5.97 Å². The Balaban J connectivity index is 2.50. The molecule has 0 spiro atoms. The smallest absolute Gasteiger partial charge is 0.309 e. The molecule has 1 aromatic rings. The summed E-state index contributed by atoms with van der Waals surface area (Å²) in [6.07, 6.45) is 3.73. The number of ether oxygens (including phenoxy) is 1. The van der Waals surface area contributed by atoms with Crippen molar-refractivity contribution in [2.75, 3.05) is 6.61 Å². The fourth-order valence-electron chi connectivity index (χ4n) is 2.54. The van der Waals surface area contributed by atoms with Gasteiger partial charge in [-0.25, -0.2) is 0 Å². The standard InChI is InChI=1S/C17H26O3/c1-4-14-10-7-8-11-15(14)20-13-9-12-17(5-2,6-3)16(18)19/h7-8,10-11H,4-6,9,12-13H2,1-3H3,(H,18,19). The first-order valence-electron chi connectivity index (χ1n) is 7.53. The molecule has 1 rings (SSSR count). The van der Waals surface area contributed by atoms with Crippen molar-refractivity contribution in [2.24, 2.45) is 5.41 Å². The van der Waals surface area contributed by atoms with Gasteiger partial charge in [0.15, 0.2) is 0 Å². The van der Waals surface area contributed by atoms with Crippen LogP contribution in [0.2, 0.25) is 0 Å². The van der Waals surface area contributed by atoms with Crippen LogP contribution in [0.5, 0.6) is 5.75 Å². The minimum absolute atomic E-state index is 0.575. The molecule has 3 nitrogen and oxygen atoms in total. The molecule has 0 heterocycles. The summed E-state index contributed by atoms with van der Waals surface area (Å²) in [4.78, 5) is 11.4. The highest BCUT2D eigenvalue weighted by atomic mass is 16.5. The lowest BCUT2D eigenvalue weighted by Gasteiger charge is -2.26. The summed E-state index contributed by atoms with van der Waals surface area (Å²) < 4.78 is 5.80. The van der Waals surface area contributed by atoms with Crippen molar-refractivity contribution in [3.8, 4) is 5.75 Å². The van der Waals surface area contributed by atoms with Gasteiger partial charge in [-0.05, 0) is 43.7 Å². The number of hydrogen-bond acceptors (Lipinski definition) is 2. The molecular formula is C17H26O3. The predicted molar refractivity (Wildman–Crippen MR) is 81.2 cm³/mol. The van der Waals surface area contributed by atoms with Crippen LogP contribution in [0.3, 0.4) is 0 Å². The molecule has 0 radical (unpaired) electrons. The molecule has 0 amide bonds. The van der Waals surface area contributed by atoms with Crippen molar-refractivity contribution in [3.05, 3.63) is 29.8 Å². The first kappa shape index (κ1) is 16.5. The average Bonchev–Trinajstić information content (AvgIpc) is 2.48. The lowest BCUT2D eigenvalue weighted by Crippen LogP contribution is -2.30. The Morgan fingerprint density at radius 3 is 2.40 bits per heavy atom. The number of aliphatic carboxylic acids is 1. The van der Waals surface area contributed by atoms with E-state index in [1.54, 1.807) is 0 Å². The van der Waals surface area contributed by atoms with E-state index in [-0.39, 0.29) is 0 Å². The van der Waals surface area contributed by atoms with Gasteiger partial charge in [0.05, 0.1) is 12.0 Å². The molecule has 0 aliphatic heterocycles. The van der Waals surface area contributed by atoms with Crippen molar-refractivity contribution < 1.29 is 14.6 Å². The number of hydrogen-bond donors (Lipinski definition) is 1. The highest BCUT2D eigenvalue weighted by Gasteiger charge is 2.33. The summed E-state index contributed by atoms with van der Waals surface area (Å²) in [6, 6.07) is 8.02. The highest BCUT2D eigenvalue weighted by Crippen LogP contribution is 2.32. The van der Waals surface area contributed by atoms with Crippen LogP contribution in [0.15, 0.2) is 24.3 Å². The summed E-state index contributed by atoms with van der Waals surface area (Å²) in [5.74, 6) is 0.236. The van der Waals surface area contributed by atoms with Crippen LogP contribution in [0.1, 0.15) is 52.0 Å². The Bertz CT molecular complexity index is 422. The lowest BCUT2D eigenvalue weighted by atomic mass is 9.78. The zero-order valence-electron chi connectivity index (χ0n) is 12.8. The molecule has 112 valence electrons. The molecular weight excluding hydrogens is 252 g/mol. The van der Waals surface area contributed by atoms with Crippen molar-refractivity contribution in [1.82, 2.24) is 0 Å². The van der Waals surface area contributed by atoms with Gasteiger partial charge in [-0.1, -0.05) is 39.0 Å². The van der Waals surface area contributed by atoms with Crippen LogP contribution in [-0.4, -0.2) is 17.7 Å². The van der Waals surface area contributed by atoms with E-state index in [2.05, 4.69) is 13.0 Å². The van der Waals surface area contributed by atoms with Gasteiger partial charge in [0.25, 0.3) is 0 Å². The maximum absolute atomic E-state index is 11.4. The molecule has 0 aliphatic carbocycles. The minimum Gasteiger partial charge on any atom is -0.493 e. The molecule has 0 unspecified atom stereocenters. The van der Waals surface area contributed by atoms with Crippen LogP contribution in [-0.2, 0) is 11.2 Å². The molecule has 1 aromatic carbocycles. The Morgan fingerprint density at radius 2 is 1.85 bits per heavy atom. The number of benzene rings is 1. The van der Waals surface area contributed by atoms with Crippen LogP contribution in [0, 0.1) is 5.41 Å². The predicted octanol–water partition coefficient (Wildman–Crippen LogP) is 4.30. The van der Waals surface area contributed by atoms with Gasteiger partial charge < -0.3 is 9.84 Å². The van der Waals surface area contributed by atoms with Crippen LogP contribution in [0.25, 0.3) is 0 Å². The van der Waals surface area contributed by atoms with Gasteiger partial charge in [-0.3, -0.25) is 4.79 Å². The Hall–Kier alpha value is -1.51. The van der Waals surface area contributed by atoms with Gasteiger partial charge in [-0.2, -0.15) is 0 Å². The zero-order chi connectivity index (χ0) is 15.0. The molecule has 0 fully saturated rings. The monoisotopic (exact) mass is 278 g/mol. The number of carboxylic acids is 1. The van der Waals surface area contributed by atoms with E-state index >= 15 is 0 Å². The topological polar surface area (TPSA) is 46.5 Å². The van der Waals surface area contributed by atoms with Gasteiger partial charge in [-0.15, -0.1) is 0 Å². The normalized spacial score (nSPS) is 11.3. The first-order chi connectivity index (χ1) is 9.59. The van der Waals surface area contributed by atoms with Crippen LogP contribution >= 0.6 is 0 Å². The molecule has 0 bridgehead atoms. The quantitative estimate of drug-likeness (QED) is 0.685. The summed E-state index contributed by atoms with van der Waals surface area (Å²) in [5.41, 5.74) is 0.608. The lowest BCUT2D eigenvalue weighted by molar-refractivity contribution is -0.150. The second-order valence-electron chi connectivity index (χ2n) is 5.21. The largest absolute Gasteiger partial charge is 0.493 e. The Labute approximate surface area is 122 Å². The van der Waals surface area contributed by atoms with E-state index in [9.17, 15) is 9.90 Å². The second kappa shape index (κ2) is 7.93. The van der Waals surface area contributed by atoms with Gasteiger partial charge in [0.1, 0.15) is 5.75 Å². The van der Waals surface area contributed by atoms with Crippen molar-refractivity contribution in [2.45, 2.75) is 52.9 Å². The highest BCUT2D eigenvalue weighted by molar-refractivity contribution is 5.74. The zero-order valence-corrected chi connectivity index (χ0v) is 12.8. The van der Waals surface area contributed by atoms with E-state index in [4.69, 9.17) is 4.74 Å². The van der Waals surface area contributed by atoms with E-state index < -0.39 is 11.4 Å². The van der Waals surface area contributed by atoms with Gasteiger partial charge >= 0.3 is 5.97 Å². The number of rotatable bonds is 9. The number of aryl methyl sites for hydroxylation is 1. The molecule has 1 N–H and O–H groups in total. The SMILES string of the molecule is CCc1ccccc1OCCCC(CC)(CC)C(=O)O. The summed E-state index contributed by atoms with van der Waals surface area (Å²) in [5, 5.41) is 9.38. The molecule has 0 aromatic heterocycles. The Kier molecular flexibility index (Phi) is 6.56. The van der Waals surface area contributed by atoms with E-state index in [0.29, 0.717) is 25.9 Å². The second-order valence-corrected chi connectivity index (χ2v) is 5.21. The summed E-state index contributed by atoms with van der Waals surface area (Å²) >= 11 is 0. The number of carbonyl (C=O) groups is 1. The average molecular weight is 278 g/mol. The molecule has 0 aliphatic rings.